The van der Waals surface area contributed by atoms with Crippen molar-refractivity contribution in [3.63, 3.8) is 0 Å². The van der Waals surface area contributed by atoms with Gasteiger partial charge in [0.15, 0.2) is 11.7 Å². The summed E-state index contributed by atoms with van der Waals surface area (Å²) in [7, 11) is 0. The number of halogens is 1. The molecule has 0 heterocycles. The molecule has 132 valence electrons. The summed E-state index contributed by atoms with van der Waals surface area (Å²) < 4.78 is 6.52. The Balaban J connectivity index is 1.83. The molecule has 0 unspecified atom stereocenters. The Bertz CT molecular complexity index is 761. The first-order valence-corrected chi connectivity index (χ1v) is 9.15. The molecule has 0 saturated carbocycles. The summed E-state index contributed by atoms with van der Waals surface area (Å²) >= 11 is 8.50. The Morgan fingerprint density at radius 3 is 2.48 bits per heavy atom. The number of anilines is 1. The van der Waals surface area contributed by atoms with E-state index in [1.807, 2.05) is 49.4 Å². The highest BCUT2D eigenvalue weighted by Crippen LogP contribution is 2.23. The molecule has 6 heteroatoms. The number of thiocarbonyl (C=S) groups is 1. The molecule has 0 aliphatic rings. The molecule has 0 aromatic heterocycles. The zero-order chi connectivity index (χ0) is 18.4. The average Bonchev–Trinajstić information content (AvgIpc) is 2.54. The molecule has 0 saturated heterocycles. The number of aryl methyl sites for hydroxylation is 1. The van der Waals surface area contributed by atoms with Gasteiger partial charge < -0.3 is 10.1 Å². The normalized spacial score (nSPS) is 10.4. The van der Waals surface area contributed by atoms with Crippen LogP contribution in [0.1, 0.15) is 30.9 Å². The molecule has 2 aromatic rings. The van der Waals surface area contributed by atoms with E-state index < -0.39 is 0 Å². The van der Waals surface area contributed by atoms with E-state index in [-0.39, 0.29) is 17.6 Å². The first-order valence-electron chi connectivity index (χ1n) is 7.95. The molecule has 4 nitrogen and oxygen atoms in total. The van der Waals surface area contributed by atoms with Crippen molar-refractivity contribution in [3.05, 3.63) is 58.1 Å². The van der Waals surface area contributed by atoms with Crippen LogP contribution in [0.25, 0.3) is 0 Å². The molecule has 0 radical (unpaired) electrons. The predicted octanol–water partition coefficient (Wildman–Crippen LogP) is 4.77. The van der Waals surface area contributed by atoms with Gasteiger partial charge in [0.2, 0.25) is 0 Å². The lowest BCUT2D eigenvalue weighted by atomic mass is 9.98. The number of hydrogen-bond acceptors (Lipinski definition) is 3. The fourth-order valence-electron chi connectivity index (χ4n) is 2.39. The number of ether oxygens (including phenoxy) is 1. The molecule has 2 rings (SSSR count). The summed E-state index contributed by atoms with van der Waals surface area (Å²) in [6.07, 6.45) is 0. The van der Waals surface area contributed by atoms with Crippen molar-refractivity contribution in [2.45, 2.75) is 26.7 Å². The first-order chi connectivity index (χ1) is 11.8. The monoisotopic (exact) mass is 420 g/mol. The number of hydrogen-bond donors (Lipinski definition) is 2. The molecule has 0 bridgehead atoms. The maximum Gasteiger partial charge on any atom is 0.264 e. The Kier molecular flexibility index (Phi) is 6.96. The number of nitrogens with one attached hydrogen (secondary N) is 2. The summed E-state index contributed by atoms with van der Waals surface area (Å²) in [5, 5.41) is 5.79. The van der Waals surface area contributed by atoms with Crippen LogP contribution < -0.4 is 15.4 Å². The van der Waals surface area contributed by atoms with Gasteiger partial charge >= 0.3 is 0 Å². The van der Waals surface area contributed by atoms with Crippen molar-refractivity contribution in [1.29, 1.82) is 0 Å². The second-order valence-corrected chi connectivity index (χ2v) is 7.29. The largest absolute Gasteiger partial charge is 0.484 e. The quantitative estimate of drug-likeness (QED) is 0.683. The smallest absolute Gasteiger partial charge is 0.264 e. The number of rotatable bonds is 5. The van der Waals surface area contributed by atoms with Crippen LogP contribution in [0.3, 0.4) is 0 Å². The lowest BCUT2D eigenvalue weighted by Crippen LogP contribution is -2.37. The van der Waals surface area contributed by atoms with Gasteiger partial charge in [0.1, 0.15) is 5.75 Å². The fourth-order valence-corrected chi connectivity index (χ4v) is 2.89. The molecule has 2 N–H and O–H groups in total. The fraction of sp³-hybridized carbons (Fsp3) is 0.263. The lowest BCUT2D eigenvalue weighted by Gasteiger charge is -2.13. The van der Waals surface area contributed by atoms with Crippen molar-refractivity contribution in [3.8, 4) is 5.75 Å². The lowest BCUT2D eigenvalue weighted by molar-refractivity contribution is -0.121. The number of benzene rings is 2. The van der Waals surface area contributed by atoms with Gasteiger partial charge in [0.25, 0.3) is 5.91 Å². The van der Waals surface area contributed by atoms with E-state index in [1.165, 1.54) is 5.56 Å². The van der Waals surface area contributed by atoms with Gasteiger partial charge in [-0.25, -0.2) is 0 Å². The molecule has 0 fully saturated rings. The van der Waals surface area contributed by atoms with Crippen molar-refractivity contribution in [1.82, 2.24) is 5.32 Å². The van der Waals surface area contributed by atoms with Crippen LogP contribution in [0.4, 0.5) is 5.69 Å². The van der Waals surface area contributed by atoms with Crippen molar-refractivity contribution < 1.29 is 9.53 Å². The first kappa shape index (κ1) is 19.4. The van der Waals surface area contributed by atoms with E-state index in [4.69, 9.17) is 17.0 Å². The van der Waals surface area contributed by atoms with Gasteiger partial charge in [-0.15, -0.1) is 0 Å². The summed E-state index contributed by atoms with van der Waals surface area (Å²) in [6.45, 7) is 6.24. The molecule has 1 amide bonds. The highest BCUT2D eigenvalue weighted by molar-refractivity contribution is 9.10. The Hall–Kier alpha value is -1.92. The third-order valence-corrected chi connectivity index (χ3v) is 4.32. The molecular formula is C19H21BrN2O2S. The van der Waals surface area contributed by atoms with Crippen LogP contribution in [-0.4, -0.2) is 17.6 Å². The van der Waals surface area contributed by atoms with E-state index >= 15 is 0 Å². The van der Waals surface area contributed by atoms with E-state index in [2.05, 4.69) is 40.4 Å². The van der Waals surface area contributed by atoms with E-state index in [0.29, 0.717) is 11.7 Å². The van der Waals surface area contributed by atoms with E-state index in [0.717, 1.165) is 15.7 Å². The van der Waals surface area contributed by atoms with Crippen LogP contribution in [0.15, 0.2) is 46.9 Å². The van der Waals surface area contributed by atoms with Gasteiger partial charge in [0.05, 0.1) is 0 Å². The summed E-state index contributed by atoms with van der Waals surface area (Å²) in [5.74, 6) is 0.823. The highest BCUT2D eigenvalue weighted by Gasteiger charge is 2.08. The zero-order valence-electron chi connectivity index (χ0n) is 14.4. The van der Waals surface area contributed by atoms with Gasteiger partial charge in [-0.2, -0.15) is 0 Å². The molecule has 0 aliphatic carbocycles. The van der Waals surface area contributed by atoms with E-state index in [1.54, 1.807) is 0 Å². The SMILES string of the molecule is Cc1cc(OCC(=O)NC(=S)Nc2ccc(Br)cc2)ccc1C(C)C. The number of amides is 1. The highest BCUT2D eigenvalue weighted by atomic mass is 79.9. The predicted molar refractivity (Wildman–Crippen MR) is 109 cm³/mol. The molecule has 0 atom stereocenters. The second-order valence-electron chi connectivity index (χ2n) is 5.97. The zero-order valence-corrected chi connectivity index (χ0v) is 16.8. The Morgan fingerprint density at radius 2 is 1.88 bits per heavy atom. The Morgan fingerprint density at radius 1 is 1.20 bits per heavy atom. The minimum atomic E-state index is -0.305. The van der Waals surface area contributed by atoms with E-state index in [9.17, 15) is 4.79 Å². The van der Waals surface area contributed by atoms with Gasteiger partial charge in [0, 0.05) is 10.2 Å². The molecule has 25 heavy (non-hydrogen) atoms. The van der Waals surface area contributed by atoms with Crippen molar-refractivity contribution >= 4 is 44.9 Å². The molecule has 2 aromatic carbocycles. The molecule has 0 spiro atoms. The Labute approximate surface area is 162 Å². The third-order valence-electron chi connectivity index (χ3n) is 3.59. The maximum absolute atomic E-state index is 12.0. The summed E-state index contributed by atoms with van der Waals surface area (Å²) in [5.41, 5.74) is 3.23. The topological polar surface area (TPSA) is 50.4 Å². The van der Waals surface area contributed by atoms with Gasteiger partial charge in [-0.05, 0) is 72.6 Å². The summed E-state index contributed by atoms with van der Waals surface area (Å²) in [4.78, 5) is 12.0. The standard InChI is InChI=1S/C19H21BrN2O2S/c1-12(2)17-9-8-16(10-13(17)3)24-11-18(23)22-19(25)21-15-6-4-14(20)5-7-15/h4-10,12H,11H2,1-3H3,(H2,21,22,23,25). The van der Waals surface area contributed by atoms with Gasteiger partial charge in [-0.3, -0.25) is 10.1 Å². The maximum atomic E-state index is 12.0. The van der Waals surface area contributed by atoms with Gasteiger partial charge in [-0.1, -0.05) is 35.8 Å². The number of carbonyl (C=O) groups excluding carboxylic acids is 1. The number of carbonyl (C=O) groups is 1. The van der Waals surface area contributed by atoms with Crippen molar-refractivity contribution in [2.24, 2.45) is 0 Å². The van der Waals surface area contributed by atoms with Crippen LogP contribution in [0.5, 0.6) is 5.75 Å². The van der Waals surface area contributed by atoms with Crippen LogP contribution >= 0.6 is 28.1 Å². The average molecular weight is 421 g/mol. The van der Waals surface area contributed by atoms with Crippen LogP contribution in [0, 0.1) is 6.92 Å². The van der Waals surface area contributed by atoms with Crippen LogP contribution in [-0.2, 0) is 4.79 Å². The molecular weight excluding hydrogens is 400 g/mol. The minimum Gasteiger partial charge on any atom is -0.484 e. The summed E-state index contributed by atoms with van der Waals surface area (Å²) in [6, 6.07) is 13.4. The van der Waals surface area contributed by atoms with Crippen LogP contribution in [0.2, 0.25) is 0 Å². The third kappa shape index (κ3) is 6.14. The molecule has 0 aliphatic heterocycles. The second kappa shape index (κ2) is 8.97. The van der Waals surface area contributed by atoms with Crippen molar-refractivity contribution in [2.75, 3.05) is 11.9 Å². The minimum absolute atomic E-state index is 0.0946.